The zero-order chi connectivity index (χ0) is 32.9. The van der Waals surface area contributed by atoms with E-state index in [4.69, 9.17) is 9.47 Å². The molecular weight excluding hydrogens is 591 g/mol. The van der Waals surface area contributed by atoms with Crippen LogP contribution in [0.3, 0.4) is 0 Å². The summed E-state index contributed by atoms with van der Waals surface area (Å²) in [5.74, 6) is -0.762. The van der Waals surface area contributed by atoms with E-state index < -0.39 is 17.1 Å². The molecule has 1 unspecified atom stereocenters. The van der Waals surface area contributed by atoms with Gasteiger partial charge in [0.1, 0.15) is 11.6 Å². The van der Waals surface area contributed by atoms with Gasteiger partial charge in [0.25, 0.3) is 11.8 Å². The number of ether oxygens (including phenoxy) is 2. The maximum atomic E-state index is 14.7. The van der Waals surface area contributed by atoms with Gasteiger partial charge in [-0.05, 0) is 80.7 Å². The number of benzene rings is 2. The number of fused-ring (bicyclic) bond motifs is 17. The lowest BCUT2D eigenvalue weighted by Crippen LogP contribution is -2.51. The molecule has 1 fully saturated rings. The van der Waals surface area contributed by atoms with Crippen LogP contribution in [-0.2, 0) is 25.5 Å². The molecule has 2 aromatic carbocycles. The third-order valence-electron chi connectivity index (χ3n) is 8.98. The molecule has 2 aromatic rings. The van der Waals surface area contributed by atoms with Crippen molar-refractivity contribution in [2.24, 2.45) is 11.3 Å². The molecule has 46 heavy (non-hydrogen) atoms. The fourth-order valence-electron chi connectivity index (χ4n) is 5.89. The Labute approximate surface area is 270 Å². The Morgan fingerprint density at radius 3 is 2.50 bits per heavy atom. The van der Waals surface area contributed by atoms with Crippen LogP contribution in [-0.4, -0.2) is 81.6 Å². The lowest BCUT2D eigenvalue weighted by molar-refractivity contribution is -0.133. The van der Waals surface area contributed by atoms with Crippen LogP contribution in [0.2, 0.25) is 0 Å². The largest absolute Gasteiger partial charge is 0.484 e. The Morgan fingerprint density at radius 1 is 1.04 bits per heavy atom. The van der Waals surface area contributed by atoms with Crippen molar-refractivity contribution < 1.29 is 33.0 Å². The molecule has 4 amide bonds. The van der Waals surface area contributed by atoms with Crippen molar-refractivity contribution in [3.8, 4) is 5.75 Å². The Balaban J connectivity index is 1.54. The summed E-state index contributed by atoms with van der Waals surface area (Å²) in [7, 11) is 1.59. The maximum Gasteiger partial charge on any atom is 0.257 e. The van der Waals surface area contributed by atoms with Gasteiger partial charge in [-0.15, -0.1) is 0 Å². The topological polar surface area (TPSA) is 126 Å². The number of hydrogen-bond acceptors (Lipinski definition) is 6. The summed E-state index contributed by atoms with van der Waals surface area (Å²) in [4.78, 5) is 54.5. The molecule has 0 spiro atoms. The zero-order valence-electron chi connectivity index (χ0n) is 27.0. The molecule has 1 aliphatic carbocycles. The highest BCUT2D eigenvalue weighted by atomic mass is 19.1. The Kier molecular flexibility index (Phi) is 12.9. The fourth-order valence-corrected chi connectivity index (χ4v) is 5.89. The third kappa shape index (κ3) is 9.75. The van der Waals surface area contributed by atoms with Gasteiger partial charge in [-0.25, -0.2) is 4.39 Å². The monoisotopic (exact) mass is 638 g/mol. The minimum atomic E-state index is -0.969. The van der Waals surface area contributed by atoms with Gasteiger partial charge in [0.15, 0.2) is 6.61 Å². The third-order valence-corrected chi connectivity index (χ3v) is 8.98. The molecule has 5 rings (SSSR count). The fraction of sp³-hybridized carbons (Fsp3) is 0.543. The first-order valence-electron chi connectivity index (χ1n) is 16.3. The van der Waals surface area contributed by atoms with Crippen molar-refractivity contribution in [2.75, 3.05) is 53.0 Å². The summed E-state index contributed by atoms with van der Waals surface area (Å²) < 4.78 is 25.8. The van der Waals surface area contributed by atoms with Gasteiger partial charge in [0, 0.05) is 52.9 Å². The van der Waals surface area contributed by atoms with Crippen molar-refractivity contribution in [2.45, 2.75) is 58.3 Å². The molecule has 250 valence electrons. The van der Waals surface area contributed by atoms with Gasteiger partial charge < -0.3 is 30.3 Å². The van der Waals surface area contributed by atoms with Gasteiger partial charge in [-0.2, -0.15) is 0 Å². The highest BCUT2D eigenvalue weighted by Crippen LogP contribution is 2.30. The number of amides is 4. The molecule has 2 aliphatic heterocycles. The number of nitrogens with one attached hydrogen (secondary N) is 3. The van der Waals surface area contributed by atoms with E-state index in [-0.39, 0.29) is 55.9 Å². The Hall–Kier alpha value is -3.99. The van der Waals surface area contributed by atoms with Crippen LogP contribution < -0.4 is 20.7 Å². The average Bonchev–Trinajstić information content (AvgIpc) is 3.01. The van der Waals surface area contributed by atoms with E-state index in [2.05, 4.69) is 16.0 Å². The average molecular weight is 639 g/mol. The molecule has 0 radical (unpaired) electrons. The first-order valence-corrected chi connectivity index (χ1v) is 16.3. The van der Waals surface area contributed by atoms with Gasteiger partial charge in [0.05, 0.1) is 11.0 Å². The van der Waals surface area contributed by atoms with Crippen LogP contribution in [0.25, 0.3) is 0 Å². The second kappa shape index (κ2) is 17.1. The normalized spacial score (nSPS) is 20.5. The van der Waals surface area contributed by atoms with E-state index in [1.807, 2.05) is 12.1 Å². The van der Waals surface area contributed by atoms with Crippen LogP contribution in [0.1, 0.15) is 66.4 Å². The molecular formula is C35H47FN4O6. The highest BCUT2D eigenvalue weighted by Gasteiger charge is 2.39. The molecule has 1 atom stereocenters. The smallest absolute Gasteiger partial charge is 0.257 e. The lowest BCUT2D eigenvalue weighted by atomic mass is 9.77. The minimum Gasteiger partial charge on any atom is -0.484 e. The summed E-state index contributed by atoms with van der Waals surface area (Å²) in [5.41, 5.74) is 0.437. The van der Waals surface area contributed by atoms with E-state index in [1.54, 1.807) is 38.3 Å². The zero-order valence-corrected chi connectivity index (χ0v) is 27.0. The summed E-state index contributed by atoms with van der Waals surface area (Å²) in [6.07, 6.45) is 5.00. The predicted octanol–water partition coefficient (Wildman–Crippen LogP) is 3.55. The van der Waals surface area contributed by atoms with Crippen LogP contribution in [0.15, 0.2) is 42.5 Å². The van der Waals surface area contributed by atoms with E-state index in [9.17, 15) is 23.6 Å². The first-order chi connectivity index (χ1) is 22.2. The lowest BCUT2D eigenvalue weighted by Gasteiger charge is -2.34. The summed E-state index contributed by atoms with van der Waals surface area (Å²) in [6, 6.07) is 11.8. The predicted molar refractivity (Wildman–Crippen MR) is 172 cm³/mol. The van der Waals surface area contributed by atoms with Crippen molar-refractivity contribution in [3.63, 3.8) is 0 Å². The number of hydrogen-bond donors (Lipinski definition) is 3. The molecule has 10 nitrogen and oxygen atoms in total. The number of carbonyl (C=O) groups excluding carboxylic acids is 4. The second-order valence-electron chi connectivity index (χ2n) is 12.4. The number of carbonyl (C=O) groups is 4. The second-order valence-corrected chi connectivity index (χ2v) is 12.4. The van der Waals surface area contributed by atoms with Crippen molar-refractivity contribution >= 4 is 23.6 Å². The van der Waals surface area contributed by atoms with E-state index in [1.165, 1.54) is 17.4 Å². The Bertz CT molecular complexity index is 1330. The number of aryl methyl sites for hydroxylation is 1. The quantitative estimate of drug-likeness (QED) is 0.426. The van der Waals surface area contributed by atoms with Crippen molar-refractivity contribution in [3.05, 3.63) is 65.0 Å². The number of methoxy groups -OCH3 is 1. The first kappa shape index (κ1) is 34.9. The number of halogens is 1. The minimum absolute atomic E-state index is 0.000343. The standard InChI is InChI=1S/C35H47FN4O6/c1-25-7-3-10-29(36)32(25)33(43)40-18-5-11-30(41)39-24-35(16-20-45-2,34(44)38-22-27-8-4-9-27)21-26-12-14-28(15-13-26)46-23-31(42)37-17-6-19-40/h3,7,10,12-15,27H,4-6,8-9,11,16-24H2,1-2H3,(H,37,42)(H,38,44)(H,39,41). The SMILES string of the molecule is COCCC1(C(=O)NCC2CCC2)CNC(=O)CCCN(C(=O)c2c(C)cccc2F)CCCNC(=O)COc2ccc(cc2)C1. The van der Waals surface area contributed by atoms with Gasteiger partial charge in [-0.1, -0.05) is 30.7 Å². The molecule has 11 heteroatoms. The molecule has 3 aliphatic rings. The number of rotatable bonds is 7. The van der Waals surface area contributed by atoms with Crippen LogP contribution in [0.4, 0.5) is 4.39 Å². The molecule has 3 N–H and O–H groups in total. The van der Waals surface area contributed by atoms with Gasteiger partial charge in [0.2, 0.25) is 11.8 Å². The molecule has 1 saturated carbocycles. The summed E-state index contributed by atoms with van der Waals surface area (Å²) in [5, 5.41) is 8.95. The van der Waals surface area contributed by atoms with Crippen LogP contribution in [0, 0.1) is 24.1 Å². The van der Waals surface area contributed by atoms with E-state index in [0.29, 0.717) is 62.6 Å². The summed E-state index contributed by atoms with van der Waals surface area (Å²) in [6.45, 7) is 3.33. The molecule has 2 bridgehead atoms. The molecule has 2 heterocycles. The molecule has 0 saturated heterocycles. The van der Waals surface area contributed by atoms with Crippen molar-refractivity contribution in [1.82, 2.24) is 20.9 Å². The highest BCUT2D eigenvalue weighted by molar-refractivity contribution is 5.96. The van der Waals surface area contributed by atoms with E-state index >= 15 is 0 Å². The van der Waals surface area contributed by atoms with Gasteiger partial charge in [-0.3, -0.25) is 19.2 Å². The van der Waals surface area contributed by atoms with E-state index in [0.717, 1.165) is 18.4 Å². The number of nitrogens with zero attached hydrogens (tertiary/aromatic N) is 1. The van der Waals surface area contributed by atoms with Crippen molar-refractivity contribution in [1.29, 1.82) is 0 Å². The molecule has 0 aromatic heterocycles. The Morgan fingerprint density at radius 2 is 1.80 bits per heavy atom. The van der Waals surface area contributed by atoms with Gasteiger partial charge >= 0.3 is 0 Å². The maximum absolute atomic E-state index is 14.7. The van der Waals surface area contributed by atoms with Crippen LogP contribution >= 0.6 is 0 Å². The summed E-state index contributed by atoms with van der Waals surface area (Å²) >= 11 is 0. The van der Waals surface area contributed by atoms with Crippen LogP contribution in [0.5, 0.6) is 5.75 Å².